The summed E-state index contributed by atoms with van der Waals surface area (Å²) >= 11 is 0. The van der Waals surface area contributed by atoms with Crippen LogP contribution in [0.5, 0.6) is 5.75 Å². The first-order chi connectivity index (χ1) is 12.8. The number of nitrogens with zero attached hydrogens (tertiary/aromatic N) is 2. The normalized spacial score (nSPS) is 10.5. The Morgan fingerprint density at radius 2 is 1.88 bits per heavy atom. The molecule has 6 nitrogen and oxygen atoms in total. The predicted octanol–water partition coefficient (Wildman–Crippen LogP) is 3.85. The first-order valence-electron chi connectivity index (χ1n) is 8.66. The Morgan fingerprint density at radius 1 is 1.12 bits per heavy atom. The van der Waals surface area contributed by atoms with Gasteiger partial charge in [-0.3, -0.25) is 4.79 Å². The Morgan fingerprint density at radius 3 is 2.69 bits per heavy atom. The highest BCUT2D eigenvalue weighted by atomic mass is 16.5. The first-order valence-corrected chi connectivity index (χ1v) is 8.66. The number of para-hydroxylation sites is 1. The zero-order valence-corrected chi connectivity index (χ0v) is 14.6. The summed E-state index contributed by atoms with van der Waals surface area (Å²) in [5.74, 6) is 1.20. The highest BCUT2D eigenvalue weighted by Crippen LogP contribution is 2.20. The third-order valence-corrected chi connectivity index (χ3v) is 3.80. The van der Waals surface area contributed by atoms with Crippen LogP contribution in [0.1, 0.15) is 36.0 Å². The Kier molecular flexibility index (Phi) is 5.98. The van der Waals surface area contributed by atoms with Gasteiger partial charge in [-0.05, 0) is 18.6 Å². The number of hydrogen-bond donors (Lipinski definition) is 1. The van der Waals surface area contributed by atoms with Gasteiger partial charge >= 0.3 is 0 Å². The number of carbonyl (C=O) groups excluding carboxylic acids is 1. The summed E-state index contributed by atoms with van der Waals surface area (Å²) in [6, 6.07) is 16.7. The number of aromatic nitrogens is 2. The standard InChI is InChI=1S/C20H21N3O3/c1-2-3-13-21-20(24)16-11-7-8-12-17(16)25-14-18-22-19(23-26-18)15-9-5-4-6-10-15/h4-12H,2-3,13-14H2,1H3,(H,21,24). The highest BCUT2D eigenvalue weighted by Gasteiger charge is 2.14. The molecule has 0 fully saturated rings. The second-order valence-corrected chi connectivity index (χ2v) is 5.77. The lowest BCUT2D eigenvalue weighted by atomic mass is 10.2. The number of nitrogens with one attached hydrogen (secondary N) is 1. The lowest BCUT2D eigenvalue weighted by Gasteiger charge is -2.10. The van der Waals surface area contributed by atoms with Crippen molar-refractivity contribution in [3.63, 3.8) is 0 Å². The van der Waals surface area contributed by atoms with E-state index in [0.29, 0.717) is 29.6 Å². The molecule has 1 heterocycles. The van der Waals surface area contributed by atoms with Crippen LogP contribution in [0.15, 0.2) is 59.1 Å². The smallest absolute Gasteiger partial charge is 0.264 e. The molecule has 0 unspecified atom stereocenters. The minimum Gasteiger partial charge on any atom is -0.483 e. The summed E-state index contributed by atoms with van der Waals surface area (Å²) in [5.41, 5.74) is 1.37. The second kappa shape index (κ2) is 8.80. The summed E-state index contributed by atoms with van der Waals surface area (Å²) in [4.78, 5) is 16.6. The SMILES string of the molecule is CCCCNC(=O)c1ccccc1OCc1nc(-c2ccccc2)no1. The summed E-state index contributed by atoms with van der Waals surface area (Å²) in [5, 5.41) is 6.85. The molecule has 0 aliphatic heterocycles. The molecule has 0 saturated carbocycles. The van der Waals surface area contributed by atoms with Crippen LogP contribution in [0.2, 0.25) is 0 Å². The molecule has 2 aromatic carbocycles. The predicted molar refractivity (Wildman–Crippen MR) is 97.7 cm³/mol. The minimum absolute atomic E-state index is 0.0963. The van der Waals surface area contributed by atoms with E-state index in [1.165, 1.54) is 0 Å². The van der Waals surface area contributed by atoms with E-state index in [1.807, 2.05) is 42.5 Å². The van der Waals surface area contributed by atoms with E-state index in [2.05, 4.69) is 22.4 Å². The van der Waals surface area contributed by atoms with E-state index in [4.69, 9.17) is 9.26 Å². The summed E-state index contributed by atoms with van der Waals surface area (Å²) in [7, 11) is 0. The van der Waals surface area contributed by atoms with Gasteiger partial charge in [-0.15, -0.1) is 0 Å². The second-order valence-electron chi connectivity index (χ2n) is 5.77. The van der Waals surface area contributed by atoms with Crippen LogP contribution in [-0.2, 0) is 6.61 Å². The van der Waals surface area contributed by atoms with Gasteiger partial charge in [0.05, 0.1) is 5.56 Å². The quantitative estimate of drug-likeness (QED) is 0.624. The summed E-state index contributed by atoms with van der Waals surface area (Å²) < 4.78 is 11.0. The van der Waals surface area contributed by atoms with Gasteiger partial charge < -0.3 is 14.6 Å². The number of benzene rings is 2. The monoisotopic (exact) mass is 351 g/mol. The van der Waals surface area contributed by atoms with Gasteiger partial charge in [0.15, 0.2) is 6.61 Å². The number of hydrogen-bond acceptors (Lipinski definition) is 5. The molecular formula is C20H21N3O3. The molecule has 6 heteroatoms. The molecule has 0 aliphatic rings. The number of carbonyl (C=O) groups is 1. The molecule has 0 radical (unpaired) electrons. The van der Waals surface area contributed by atoms with Crippen LogP contribution in [0.25, 0.3) is 11.4 Å². The van der Waals surface area contributed by atoms with Crippen LogP contribution in [0.4, 0.5) is 0 Å². The Labute approximate surface area is 152 Å². The molecule has 0 atom stereocenters. The van der Waals surface area contributed by atoms with Crippen molar-refractivity contribution < 1.29 is 14.1 Å². The third-order valence-electron chi connectivity index (χ3n) is 3.80. The van der Waals surface area contributed by atoms with Crippen LogP contribution in [0.3, 0.4) is 0 Å². The summed E-state index contributed by atoms with van der Waals surface area (Å²) in [6.07, 6.45) is 1.97. The number of unbranched alkanes of at least 4 members (excludes halogenated alkanes) is 1. The first kappa shape index (κ1) is 17.7. The molecule has 0 bridgehead atoms. The van der Waals surface area contributed by atoms with Crippen LogP contribution in [0, 0.1) is 0 Å². The lowest BCUT2D eigenvalue weighted by Crippen LogP contribution is -2.24. The average Bonchev–Trinajstić information content (AvgIpc) is 3.16. The Bertz CT molecular complexity index is 846. The topological polar surface area (TPSA) is 77.2 Å². The molecule has 0 saturated heterocycles. The molecule has 0 spiro atoms. The van der Waals surface area contributed by atoms with E-state index in [1.54, 1.807) is 12.1 Å². The van der Waals surface area contributed by atoms with E-state index in [0.717, 1.165) is 18.4 Å². The van der Waals surface area contributed by atoms with Crippen molar-refractivity contribution in [2.75, 3.05) is 6.54 Å². The Balaban J connectivity index is 1.65. The maximum atomic E-state index is 12.3. The van der Waals surface area contributed by atoms with Gasteiger partial charge in [0.25, 0.3) is 11.8 Å². The van der Waals surface area contributed by atoms with Crippen molar-refractivity contribution >= 4 is 5.91 Å². The van der Waals surface area contributed by atoms with Gasteiger partial charge in [0.1, 0.15) is 5.75 Å². The zero-order valence-electron chi connectivity index (χ0n) is 14.6. The van der Waals surface area contributed by atoms with Gasteiger partial charge in [-0.25, -0.2) is 0 Å². The van der Waals surface area contributed by atoms with Crippen molar-refractivity contribution in [3.05, 3.63) is 66.1 Å². The van der Waals surface area contributed by atoms with Crippen LogP contribution in [-0.4, -0.2) is 22.6 Å². The molecule has 134 valence electrons. The molecule has 0 aliphatic carbocycles. The highest BCUT2D eigenvalue weighted by molar-refractivity contribution is 5.96. The van der Waals surface area contributed by atoms with Crippen LogP contribution < -0.4 is 10.1 Å². The maximum Gasteiger partial charge on any atom is 0.264 e. The molecular weight excluding hydrogens is 330 g/mol. The fourth-order valence-electron chi connectivity index (χ4n) is 2.41. The molecule has 3 rings (SSSR count). The average molecular weight is 351 g/mol. The van der Waals surface area contributed by atoms with Gasteiger partial charge in [-0.2, -0.15) is 4.98 Å². The number of amides is 1. The molecule has 3 aromatic rings. The van der Waals surface area contributed by atoms with Crippen molar-refractivity contribution in [3.8, 4) is 17.1 Å². The van der Waals surface area contributed by atoms with E-state index in [-0.39, 0.29) is 12.5 Å². The molecule has 1 aromatic heterocycles. The van der Waals surface area contributed by atoms with Gasteiger partial charge in [-0.1, -0.05) is 61.0 Å². The number of ether oxygens (including phenoxy) is 1. The summed E-state index contributed by atoms with van der Waals surface area (Å²) in [6.45, 7) is 2.82. The molecule has 1 N–H and O–H groups in total. The van der Waals surface area contributed by atoms with E-state index < -0.39 is 0 Å². The van der Waals surface area contributed by atoms with E-state index in [9.17, 15) is 4.79 Å². The Hall–Kier alpha value is -3.15. The maximum absolute atomic E-state index is 12.3. The van der Waals surface area contributed by atoms with Crippen LogP contribution >= 0.6 is 0 Å². The van der Waals surface area contributed by atoms with Crippen molar-refractivity contribution in [1.82, 2.24) is 15.5 Å². The van der Waals surface area contributed by atoms with Gasteiger partial charge in [0.2, 0.25) is 5.82 Å². The van der Waals surface area contributed by atoms with Crippen molar-refractivity contribution in [1.29, 1.82) is 0 Å². The fraction of sp³-hybridized carbons (Fsp3) is 0.250. The molecule has 26 heavy (non-hydrogen) atoms. The lowest BCUT2D eigenvalue weighted by molar-refractivity contribution is 0.0947. The fourth-order valence-corrected chi connectivity index (χ4v) is 2.41. The van der Waals surface area contributed by atoms with E-state index >= 15 is 0 Å². The van der Waals surface area contributed by atoms with Gasteiger partial charge in [0, 0.05) is 12.1 Å². The van der Waals surface area contributed by atoms with Crippen molar-refractivity contribution in [2.45, 2.75) is 26.4 Å². The molecule has 1 amide bonds. The number of rotatable bonds is 8. The third kappa shape index (κ3) is 4.47. The minimum atomic E-state index is -0.149. The zero-order chi connectivity index (χ0) is 18.2. The largest absolute Gasteiger partial charge is 0.483 e. The van der Waals surface area contributed by atoms with Crippen molar-refractivity contribution in [2.24, 2.45) is 0 Å².